The SMILES string of the molecule is COc1cc(C(=O)Oc2ccc(N3CCN(C(C)=O)CC3)cc2)cc(OC)c1OC. The number of rotatable bonds is 6. The highest BCUT2D eigenvalue weighted by atomic mass is 16.5. The number of methoxy groups -OCH3 is 3. The van der Waals surface area contributed by atoms with Crippen molar-refractivity contribution in [1.29, 1.82) is 0 Å². The Morgan fingerprint density at radius 3 is 1.87 bits per heavy atom. The molecule has 8 heteroatoms. The molecule has 1 amide bonds. The molecule has 0 atom stereocenters. The largest absolute Gasteiger partial charge is 0.493 e. The zero-order chi connectivity index (χ0) is 21.7. The molecule has 1 heterocycles. The molecule has 0 aliphatic carbocycles. The van der Waals surface area contributed by atoms with Crippen LogP contribution in [0.25, 0.3) is 0 Å². The zero-order valence-electron chi connectivity index (χ0n) is 17.6. The van der Waals surface area contributed by atoms with E-state index in [1.165, 1.54) is 21.3 Å². The highest BCUT2D eigenvalue weighted by molar-refractivity contribution is 5.92. The van der Waals surface area contributed by atoms with Crippen LogP contribution in [-0.4, -0.2) is 64.3 Å². The van der Waals surface area contributed by atoms with Crippen molar-refractivity contribution in [2.24, 2.45) is 0 Å². The first-order valence-corrected chi connectivity index (χ1v) is 9.59. The van der Waals surface area contributed by atoms with Gasteiger partial charge in [-0.3, -0.25) is 4.79 Å². The summed E-state index contributed by atoms with van der Waals surface area (Å²) in [5, 5.41) is 0. The molecule has 1 saturated heterocycles. The number of hydrogen-bond acceptors (Lipinski definition) is 7. The van der Waals surface area contributed by atoms with Crippen LogP contribution in [0.1, 0.15) is 17.3 Å². The number of piperazine rings is 1. The summed E-state index contributed by atoms with van der Waals surface area (Å²) < 4.78 is 21.3. The van der Waals surface area contributed by atoms with E-state index >= 15 is 0 Å². The number of benzene rings is 2. The van der Waals surface area contributed by atoms with E-state index in [0.717, 1.165) is 18.8 Å². The highest BCUT2D eigenvalue weighted by Gasteiger charge is 2.20. The molecule has 160 valence electrons. The maximum absolute atomic E-state index is 12.6. The van der Waals surface area contributed by atoms with Crippen LogP contribution >= 0.6 is 0 Å². The van der Waals surface area contributed by atoms with E-state index in [9.17, 15) is 9.59 Å². The van der Waals surface area contributed by atoms with E-state index in [4.69, 9.17) is 18.9 Å². The van der Waals surface area contributed by atoms with Crippen molar-refractivity contribution in [3.05, 3.63) is 42.0 Å². The van der Waals surface area contributed by atoms with Crippen LogP contribution in [0.3, 0.4) is 0 Å². The van der Waals surface area contributed by atoms with Crippen LogP contribution in [-0.2, 0) is 4.79 Å². The first-order chi connectivity index (χ1) is 14.5. The van der Waals surface area contributed by atoms with Gasteiger partial charge in [0.1, 0.15) is 5.75 Å². The van der Waals surface area contributed by atoms with E-state index in [0.29, 0.717) is 36.1 Å². The van der Waals surface area contributed by atoms with Gasteiger partial charge in [-0.15, -0.1) is 0 Å². The van der Waals surface area contributed by atoms with Crippen molar-refractivity contribution < 1.29 is 28.5 Å². The van der Waals surface area contributed by atoms with Gasteiger partial charge in [0.2, 0.25) is 11.7 Å². The molecule has 30 heavy (non-hydrogen) atoms. The molecular weight excluding hydrogens is 388 g/mol. The van der Waals surface area contributed by atoms with Crippen molar-refractivity contribution in [2.75, 3.05) is 52.4 Å². The maximum atomic E-state index is 12.6. The predicted molar refractivity (Wildman–Crippen MR) is 112 cm³/mol. The maximum Gasteiger partial charge on any atom is 0.343 e. The second kappa shape index (κ2) is 9.39. The molecule has 1 aliphatic heterocycles. The van der Waals surface area contributed by atoms with Gasteiger partial charge in [0.05, 0.1) is 26.9 Å². The molecule has 0 unspecified atom stereocenters. The van der Waals surface area contributed by atoms with Gasteiger partial charge in [0.15, 0.2) is 11.5 Å². The van der Waals surface area contributed by atoms with Crippen molar-refractivity contribution >= 4 is 17.6 Å². The minimum Gasteiger partial charge on any atom is -0.493 e. The minimum atomic E-state index is -0.530. The lowest BCUT2D eigenvalue weighted by Crippen LogP contribution is -2.48. The summed E-state index contributed by atoms with van der Waals surface area (Å²) in [5.41, 5.74) is 1.31. The molecule has 8 nitrogen and oxygen atoms in total. The molecule has 0 bridgehead atoms. The third-order valence-corrected chi connectivity index (χ3v) is 5.04. The molecule has 1 fully saturated rings. The molecule has 2 aromatic rings. The average Bonchev–Trinajstić information content (AvgIpc) is 2.78. The summed E-state index contributed by atoms with van der Waals surface area (Å²) >= 11 is 0. The van der Waals surface area contributed by atoms with Crippen LogP contribution in [0.2, 0.25) is 0 Å². The van der Waals surface area contributed by atoms with E-state index in [-0.39, 0.29) is 11.5 Å². The van der Waals surface area contributed by atoms with Crippen LogP contribution in [0.15, 0.2) is 36.4 Å². The van der Waals surface area contributed by atoms with Crippen molar-refractivity contribution in [1.82, 2.24) is 4.90 Å². The molecule has 2 aromatic carbocycles. The van der Waals surface area contributed by atoms with Gasteiger partial charge in [-0.05, 0) is 36.4 Å². The molecule has 0 spiro atoms. The number of amides is 1. The minimum absolute atomic E-state index is 0.101. The first-order valence-electron chi connectivity index (χ1n) is 9.59. The van der Waals surface area contributed by atoms with Crippen molar-refractivity contribution in [3.63, 3.8) is 0 Å². The van der Waals surface area contributed by atoms with Gasteiger partial charge in [-0.1, -0.05) is 0 Å². The van der Waals surface area contributed by atoms with Gasteiger partial charge < -0.3 is 28.7 Å². The third kappa shape index (κ3) is 4.59. The lowest BCUT2D eigenvalue weighted by Gasteiger charge is -2.35. The molecule has 0 aromatic heterocycles. The lowest BCUT2D eigenvalue weighted by atomic mass is 10.2. The van der Waals surface area contributed by atoms with Crippen molar-refractivity contribution in [2.45, 2.75) is 6.92 Å². The standard InChI is InChI=1S/C22H26N2O6/c1-15(25)23-9-11-24(12-10-23)17-5-7-18(8-6-17)30-22(26)16-13-19(27-2)21(29-4)20(14-16)28-3/h5-8,13-14H,9-12H2,1-4H3. The fourth-order valence-corrected chi connectivity index (χ4v) is 3.37. The summed E-state index contributed by atoms with van der Waals surface area (Å²) in [6.07, 6.45) is 0. The monoisotopic (exact) mass is 414 g/mol. The van der Waals surface area contributed by atoms with E-state index in [1.807, 2.05) is 17.0 Å². The summed E-state index contributed by atoms with van der Waals surface area (Å²) in [6.45, 7) is 4.53. The summed E-state index contributed by atoms with van der Waals surface area (Å²) in [5.74, 6) is 1.17. The summed E-state index contributed by atoms with van der Waals surface area (Å²) in [6, 6.07) is 10.4. The highest BCUT2D eigenvalue weighted by Crippen LogP contribution is 2.38. The Morgan fingerprint density at radius 1 is 0.833 bits per heavy atom. The number of carbonyl (C=O) groups excluding carboxylic acids is 2. The van der Waals surface area contributed by atoms with Crippen LogP contribution in [0.5, 0.6) is 23.0 Å². The molecule has 0 radical (unpaired) electrons. The molecule has 3 rings (SSSR count). The third-order valence-electron chi connectivity index (χ3n) is 5.04. The summed E-state index contributed by atoms with van der Waals surface area (Å²) in [7, 11) is 4.47. The molecule has 1 aliphatic rings. The quantitative estimate of drug-likeness (QED) is 0.531. The molecule has 0 saturated carbocycles. The number of hydrogen-bond donors (Lipinski definition) is 0. The first kappa shape index (κ1) is 21.3. The van der Waals surface area contributed by atoms with Gasteiger partial charge in [-0.2, -0.15) is 0 Å². The molecular formula is C22H26N2O6. The van der Waals surface area contributed by atoms with E-state index < -0.39 is 5.97 Å². The predicted octanol–water partition coefficient (Wildman–Crippen LogP) is 2.60. The fourth-order valence-electron chi connectivity index (χ4n) is 3.37. The number of nitrogens with zero attached hydrogens (tertiary/aromatic N) is 2. The second-order valence-corrected chi connectivity index (χ2v) is 6.79. The second-order valence-electron chi connectivity index (χ2n) is 6.79. The van der Waals surface area contributed by atoms with E-state index in [2.05, 4.69) is 4.90 Å². The number of ether oxygens (including phenoxy) is 4. The molecule has 0 N–H and O–H groups in total. The Kier molecular flexibility index (Phi) is 6.66. The zero-order valence-corrected chi connectivity index (χ0v) is 17.6. The number of esters is 1. The fraction of sp³-hybridized carbons (Fsp3) is 0.364. The van der Waals surface area contributed by atoms with Crippen LogP contribution < -0.4 is 23.8 Å². The Hall–Kier alpha value is -3.42. The average molecular weight is 414 g/mol. The van der Waals surface area contributed by atoms with Crippen LogP contribution in [0, 0.1) is 0 Å². The Labute approximate surface area is 175 Å². The van der Waals surface area contributed by atoms with E-state index in [1.54, 1.807) is 31.2 Å². The topological polar surface area (TPSA) is 77.5 Å². The lowest BCUT2D eigenvalue weighted by molar-refractivity contribution is -0.129. The van der Waals surface area contributed by atoms with Gasteiger partial charge >= 0.3 is 5.97 Å². The normalized spacial score (nSPS) is 13.6. The Bertz CT molecular complexity index is 879. The Balaban J connectivity index is 1.68. The smallest absolute Gasteiger partial charge is 0.343 e. The van der Waals surface area contributed by atoms with Crippen molar-refractivity contribution in [3.8, 4) is 23.0 Å². The van der Waals surface area contributed by atoms with Gasteiger partial charge in [0, 0.05) is 38.8 Å². The Morgan fingerprint density at radius 2 is 1.40 bits per heavy atom. The van der Waals surface area contributed by atoms with Gasteiger partial charge in [0.25, 0.3) is 0 Å². The number of anilines is 1. The van der Waals surface area contributed by atoms with Gasteiger partial charge in [-0.25, -0.2) is 4.79 Å². The van der Waals surface area contributed by atoms with Crippen LogP contribution in [0.4, 0.5) is 5.69 Å². The summed E-state index contributed by atoms with van der Waals surface area (Å²) in [4.78, 5) is 28.1. The number of carbonyl (C=O) groups is 2.